The van der Waals surface area contributed by atoms with E-state index in [0.29, 0.717) is 12.1 Å². The molecule has 0 unspecified atom stereocenters. The highest BCUT2D eigenvalue weighted by atomic mass is 16.5. The molecule has 0 bridgehead atoms. The van der Waals surface area contributed by atoms with E-state index >= 15 is 0 Å². The third kappa shape index (κ3) is 4.27. The highest BCUT2D eigenvalue weighted by Crippen LogP contribution is 2.36. The van der Waals surface area contributed by atoms with Crippen LogP contribution in [0, 0.1) is 0 Å². The first kappa shape index (κ1) is 22.1. The standard InChI is InChI=1S/C27H29N5O2/c1-34-25-8-3-2-7-22(25)24-18-30-26-23(24)16-21(17-29-26)19-5-4-6-20(15-19)27(33)32-13-11-31(10-9-28)12-14-32/h2-8,15-18H,9-14,28H2,1H3,(H,29,30). The van der Waals surface area contributed by atoms with Crippen molar-refractivity contribution in [2.75, 3.05) is 46.4 Å². The molecule has 0 saturated carbocycles. The number of nitrogens with one attached hydrogen (secondary N) is 1. The van der Waals surface area contributed by atoms with Crippen LogP contribution in [0.3, 0.4) is 0 Å². The number of amides is 1. The Morgan fingerprint density at radius 1 is 1.03 bits per heavy atom. The van der Waals surface area contributed by atoms with Crippen LogP contribution in [-0.2, 0) is 0 Å². The molecule has 0 aliphatic carbocycles. The number of nitrogens with zero attached hydrogens (tertiary/aromatic N) is 3. The number of carbonyl (C=O) groups is 1. The molecule has 2 aromatic carbocycles. The number of methoxy groups -OCH3 is 1. The number of ether oxygens (including phenoxy) is 1. The van der Waals surface area contributed by atoms with Gasteiger partial charge in [0.1, 0.15) is 11.4 Å². The Labute approximate surface area is 199 Å². The fourth-order valence-corrected chi connectivity index (χ4v) is 4.62. The molecule has 7 nitrogen and oxygen atoms in total. The topological polar surface area (TPSA) is 87.5 Å². The van der Waals surface area contributed by atoms with Gasteiger partial charge in [-0.2, -0.15) is 0 Å². The molecule has 2 aromatic heterocycles. The normalized spacial score (nSPS) is 14.5. The van der Waals surface area contributed by atoms with Crippen molar-refractivity contribution in [3.63, 3.8) is 0 Å². The lowest BCUT2D eigenvalue weighted by Crippen LogP contribution is -2.49. The molecule has 174 valence electrons. The summed E-state index contributed by atoms with van der Waals surface area (Å²) >= 11 is 0. The minimum atomic E-state index is 0.0691. The van der Waals surface area contributed by atoms with Gasteiger partial charge in [0.15, 0.2) is 0 Å². The number of benzene rings is 2. The Kier molecular flexibility index (Phi) is 6.29. The van der Waals surface area contributed by atoms with Crippen molar-refractivity contribution in [3.05, 3.63) is 72.6 Å². The molecule has 0 spiro atoms. The number of piperazine rings is 1. The third-order valence-corrected chi connectivity index (χ3v) is 6.48. The lowest BCUT2D eigenvalue weighted by Gasteiger charge is -2.34. The van der Waals surface area contributed by atoms with Crippen molar-refractivity contribution in [1.82, 2.24) is 19.8 Å². The van der Waals surface area contributed by atoms with Crippen molar-refractivity contribution in [1.29, 1.82) is 0 Å². The van der Waals surface area contributed by atoms with E-state index in [0.717, 1.165) is 71.8 Å². The van der Waals surface area contributed by atoms with Gasteiger partial charge >= 0.3 is 0 Å². The lowest BCUT2D eigenvalue weighted by atomic mass is 10.00. The van der Waals surface area contributed by atoms with Gasteiger partial charge in [-0.25, -0.2) is 4.98 Å². The number of aromatic nitrogens is 2. The van der Waals surface area contributed by atoms with Crippen molar-refractivity contribution in [2.24, 2.45) is 5.73 Å². The Balaban J connectivity index is 1.43. The largest absolute Gasteiger partial charge is 0.496 e. The van der Waals surface area contributed by atoms with E-state index in [9.17, 15) is 4.79 Å². The summed E-state index contributed by atoms with van der Waals surface area (Å²) in [5, 5.41) is 1.01. The highest BCUT2D eigenvalue weighted by Gasteiger charge is 2.22. The van der Waals surface area contributed by atoms with Crippen LogP contribution < -0.4 is 10.5 Å². The van der Waals surface area contributed by atoms with E-state index in [1.165, 1.54) is 0 Å². The fraction of sp³-hybridized carbons (Fsp3) is 0.259. The number of hydrogen-bond donors (Lipinski definition) is 2. The van der Waals surface area contributed by atoms with Crippen molar-refractivity contribution in [2.45, 2.75) is 0 Å². The third-order valence-electron chi connectivity index (χ3n) is 6.48. The number of fused-ring (bicyclic) bond motifs is 1. The summed E-state index contributed by atoms with van der Waals surface area (Å²) in [4.78, 5) is 25.3. The van der Waals surface area contributed by atoms with Gasteiger partial charge in [-0.3, -0.25) is 9.69 Å². The van der Waals surface area contributed by atoms with E-state index in [1.54, 1.807) is 7.11 Å². The minimum Gasteiger partial charge on any atom is -0.496 e. The quantitative estimate of drug-likeness (QED) is 0.464. The fourth-order valence-electron chi connectivity index (χ4n) is 4.62. The van der Waals surface area contributed by atoms with E-state index in [2.05, 4.69) is 20.9 Å². The Morgan fingerprint density at radius 3 is 2.65 bits per heavy atom. The minimum absolute atomic E-state index is 0.0691. The summed E-state index contributed by atoms with van der Waals surface area (Å²) in [5.41, 5.74) is 11.1. The number of H-pyrrole nitrogens is 1. The van der Waals surface area contributed by atoms with E-state index in [4.69, 9.17) is 10.5 Å². The van der Waals surface area contributed by atoms with Crippen molar-refractivity contribution >= 4 is 16.9 Å². The molecule has 1 aliphatic rings. The molecule has 1 amide bonds. The van der Waals surface area contributed by atoms with E-state index in [-0.39, 0.29) is 5.91 Å². The summed E-state index contributed by atoms with van der Waals surface area (Å²) < 4.78 is 5.57. The number of carbonyl (C=O) groups excluding carboxylic acids is 1. The smallest absolute Gasteiger partial charge is 0.253 e. The van der Waals surface area contributed by atoms with Crippen molar-refractivity contribution < 1.29 is 9.53 Å². The molecule has 1 fully saturated rings. The second kappa shape index (κ2) is 9.67. The van der Waals surface area contributed by atoms with Crippen LogP contribution >= 0.6 is 0 Å². The zero-order valence-corrected chi connectivity index (χ0v) is 19.3. The first-order valence-corrected chi connectivity index (χ1v) is 11.6. The average molecular weight is 456 g/mol. The Morgan fingerprint density at radius 2 is 1.85 bits per heavy atom. The van der Waals surface area contributed by atoms with Crippen LogP contribution in [0.15, 0.2) is 67.0 Å². The maximum Gasteiger partial charge on any atom is 0.253 e. The Hall–Kier alpha value is -3.68. The molecule has 7 heteroatoms. The van der Waals surface area contributed by atoms with Gasteiger partial charge in [0.25, 0.3) is 5.91 Å². The molecular formula is C27H29N5O2. The molecule has 1 aliphatic heterocycles. The average Bonchev–Trinajstić information content (AvgIpc) is 3.32. The summed E-state index contributed by atoms with van der Waals surface area (Å²) in [7, 11) is 1.68. The predicted molar refractivity (Wildman–Crippen MR) is 135 cm³/mol. The molecule has 4 aromatic rings. The van der Waals surface area contributed by atoms with Gasteiger partial charge in [-0.15, -0.1) is 0 Å². The number of nitrogens with two attached hydrogens (primary N) is 1. The number of rotatable bonds is 6. The summed E-state index contributed by atoms with van der Waals surface area (Å²) in [5.74, 6) is 0.882. The number of aromatic amines is 1. The second-order valence-corrected chi connectivity index (χ2v) is 8.53. The van der Waals surface area contributed by atoms with Gasteiger partial charge in [0, 0.05) is 79.3 Å². The van der Waals surface area contributed by atoms with E-state index < -0.39 is 0 Å². The van der Waals surface area contributed by atoms with Crippen LogP contribution in [0.25, 0.3) is 33.3 Å². The van der Waals surface area contributed by atoms with Crippen LogP contribution in [0.4, 0.5) is 0 Å². The number of pyridine rings is 1. The van der Waals surface area contributed by atoms with Gasteiger partial charge < -0.3 is 20.4 Å². The summed E-state index contributed by atoms with van der Waals surface area (Å²) in [6.45, 7) is 4.70. The molecule has 0 atom stereocenters. The molecule has 3 N–H and O–H groups in total. The molecule has 5 rings (SSSR count). The monoisotopic (exact) mass is 455 g/mol. The first-order valence-electron chi connectivity index (χ1n) is 11.6. The first-order chi connectivity index (χ1) is 16.7. The molecule has 0 radical (unpaired) electrons. The maximum atomic E-state index is 13.2. The zero-order valence-electron chi connectivity index (χ0n) is 19.3. The van der Waals surface area contributed by atoms with Gasteiger partial charge in [0.05, 0.1) is 7.11 Å². The highest BCUT2D eigenvalue weighted by molar-refractivity contribution is 5.98. The Bertz CT molecular complexity index is 1310. The van der Waals surface area contributed by atoms with Gasteiger partial charge in [-0.1, -0.05) is 30.3 Å². The summed E-state index contributed by atoms with van der Waals surface area (Å²) in [6, 6.07) is 17.9. The molecule has 1 saturated heterocycles. The van der Waals surface area contributed by atoms with Crippen LogP contribution in [-0.4, -0.2) is 72.1 Å². The SMILES string of the molecule is COc1ccccc1-c1c[nH]c2ncc(-c3cccc(C(=O)N4CCN(CCN)CC4)c3)cc12. The zero-order chi connectivity index (χ0) is 23.5. The predicted octanol–water partition coefficient (Wildman–Crippen LogP) is 3.62. The lowest BCUT2D eigenvalue weighted by molar-refractivity contribution is 0.0641. The number of para-hydroxylation sites is 1. The molecule has 34 heavy (non-hydrogen) atoms. The van der Waals surface area contributed by atoms with Crippen LogP contribution in [0.1, 0.15) is 10.4 Å². The maximum absolute atomic E-state index is 13.2. The second-order valence-electron chi connectivity index (χ2n) is 8.53. The molecule has 3 heterocycles. The van der Waals surface area contributed by atoms with E-state index in [1.807, 2.05) is 65.8 Å². The van der Waals surface area contributed by atoms with Crippen LogP contribution in [0.5, 0.6) is 5.75 Å². The van der Waals surface area contributed by atoms with Gasteiger partial charge in [0.2, 0.25) is 0 Å². The van der Waals surface area contributed by atoms with Crippen molar-refractivity contribution in [3.8, 4) is 28.0 Å². The molecular weight excluding hydrogens is 426 g/mol. The summed E-state index contributed by atoms with van der Waals surface area (Å²) in [6.07, 6.45) is 3.81. The number of hydrogen-bond acceptors (Lipinski definition) is 5. The van der Waals surface area contributed by atoms with Gasteiger partial charge in [-0.05, 0) is 29.8 Å². The van der Waals surface area contributed by atoms with Crippen LogP contribution in [0.2, 0.25) is 0 Å².